The minimum atomic E-state index is -0.468. The van der Waals surface area contributed by atoms with Crippen LogP contribution in [0, 0.1) is 6.92 Å². The molecule has 2 unspecified atom stereocenters. The Morgan fingerprint density at radius 1 is 1.28 bits per heavy atom. The van der Waals surface area contributed by atoms with Crippen LogP contribution in [0.3, 0.4) is 0 Å². The molecule has 1 fully saturated rings. The minimum Gasteiger partial charge on any atom is -0.373 e. The third-order valence-electron chi connectivity index (χ3n) is 5.25. The molecule has 5 rings (SSSR count). The lowest BCUT2D eigenvalue weighted by Gasteiger charge is -2.25. The number of fused-ring (bicyclic) bond motifs is 1. The molecular weight excluding hydrogens is 452 g/mol. The van der Waals surface area contributed by atoms with E-state index in [1.165, 1.54) is 16.1 Å². The number of nitrogens with one attached hydrogen (secondary N) is 2. The molecule has 0 bridgehead atoms. The zero-order valence-corrected chi connectivity index (χ0v) is 18.9. The Kier molecular flexibility index (Phi) is 5.85. The molecule has 0 radical (unpaired) electrons. The lowest BCUT2D eigenvalue weighted by Crippen LogP contribution is -2.34. The fraction of sp³-hybridized carbons (Fsp3) is 0.400. The topological polar surface area (TPSA) is 119 Å². The van der Waals surface area contributed by atoms with Crippen LogP contribution in [0.4, 0.5) is 10.5 Å². The number of ether oxygens (including phenoxy) is 1. The van der Waals surface area contributed by atoms with E-state index in [0.717, 1.165) is 40.2 Å². The van der Waals surface area contributed by atoms with Crippen molar-refractivity contribution in [3.8, 4) is 0 Å². The highest BCUT2D eigenvalue weighted by Gasteiger charge is 2.26. The van der Waals surface area contributed by atoms with Gasteiger partial charge in [0.05, 0.1) is 35.4 Å². The van der Waals surface area contributed by atoms with E-state index in [2.05, 4.69) is 35.8 Å². The number of carbonyl (C=O) groups is 1. The zero-order valence-electron chi connectivity index (χ0n) is 17.3. The first-order valence-corrected chi connectivity index (χ1v) is 11.6. The van der Waals surface area contributed by atoms with Crippen LogP contribution in [0.1, 0.15) is 42.4 Å². The number of allylic oxidation sites excluding steroid dienone is 1. The molecule has 2 aliphatic rings. The van der Waals surface area contributed by atoms with Crippen LogP contribution in [-0.4, -0.2) is 48.8 Å². The van der Waals surface area contributed by atoms with E-state index in [4.69, 9.17) is 16.3 Å². The molecule has 3 aromatic heterocycles. The Morgan fingerprint density at radius 3 is 2.88 bits per heavy atom. The summed E-state index contributed by atoms with van der Waals surface area (Å²) in [5.74, 6) is 0.507. The molecular formula is C20H21ClN8O2S. The average molecular weight is 473 g/mol. The van der Waals surface area contributed by atoms with Crippen molar-refractivity contribution in [3.05, 3.63) is 41.1 Å². The summed E-state index contributed by atoms with van der Waals surface area (Å²) < 4.78 is 6.02. The number of amides is 2. The average Bonchev–Trinajstić information content (AvgIpc) is 3.43. The number of pyridine rings is 1. The van der Waals surface area contributed by atoms with Gasteiger partial charge >= 0.3 is 6.03 Å². The van der Waals surface area contributed by atoms with Crippen molar-refractivity contribution < 1.29 is 9.53 Å². The number of urea groups is 1. The number of rotatable bonds is 3. The highest BCUT2D eigenvalue weighted by atomic mass is 35.5. The SMILES string of the molecule is Cc1nc2c(C3CCCCO3)c(NC(=O)NC3=CN=C(n4nccn4)C(Cl)C3)cnc2s1. The summed E-state index contributed by atoms with van der Waals surface area (Å²) in [6, 6.07) is -0.402. The van der Waals surface area contributed by atoms with Gasteiger partial charge in [-0.2, -0.15) is 10.2 Å². The maximum Gasteiger partial charge on any atom is 0.323 e. The molecule has 2 aliphatic heterocycles. The molecule has 5 heterocycles. The summed E-state index contributed by atoms with van der Waals surface area (Å²) in [5, 5.41) is 14.3. The molecule has 10 nitrogen and oxygen atoms in total. The Labute approximate surface area is 192 Å². The highest BCUT2D eigenvalue weighted by molar-refractivity contribution is 7.18. The fourth-order valence-corrected chi connectivity index (χ4v) is 4.93. The summed E-state index contributed by atoms with van der Waals surface area (Å²) in [7, 11) is 0. The van der Waals surface area contributed by atoms with Gasteiger partial charge in [0.25, 0.3) is 0 Å². The van der Waals surface area contributed by atoms with Crippen LogP contribution in [0.5, 0.6) is 0 Å². The van der Waals surface area contributed by atoms with Gasteiger partial charge in [-0.1, -0.05) is 11.3 Å². The van der Waals surface area contributed by atoms with Crippen molar-refractivity contribution >= 4 is 50.8 Å². The Bertz CT molecular complexity index is 1200. The number of anilines is 1. The third-order valence-corrected chi connectivity index (χ3v) is 6.48. The maximum atomic E-state index is 12.8. The second kappa shape index (κ2) is 8.93. The van der Waals surface area contributed by atoms with Crippen molar-refractivity contribution in [2.24, 2.45) is 4.99 Å². The molecule has 2 amide bonds. The van der Waals surface area contributed by atoms with Crippen LogP contribution in [0.2, 0.25) is 0 Å². The van der Waals surface area contributed by atoms with Crippen LogP contribution >= 0.6 is 22.9 Å². The number of hydrogen-bond donors (Lipinski definition) is 2. The van der Waals surface area contributed by atoms with E-state index in [1.807, 2.05) is 6.92 Å². The van der Waals surface area contributed by atoms with Crippen LogP contribution in [-0.2, 0) is 4.74 Å². The van der Waals surface area contributed by atoms with Gasteiger partial charge in [0.1, 0.15) is 15.7 Å². The van der Waals surface area contributed by atoms with Gasteiger partial charge in [-0.15, -0.1) is 16.4 Å². The second-order valence-electron chi connectivity index (χ2n) is 7.54. The van der Waals surface area contributed by atoms with Crippen molar-refractivity contribution in [3.63, 3.8) is 0 Å². The summed E-state index contributed by atoms with van der Waals surface area (Å²) in [6.07, 6.45) is 9.59. The molecule has 32 heavy (non-hydrogen) atoms. The standard InChI is InChI=1S/C20H21ClN8O2S/c1-11-26-17-16(15-4-2-3-7-31-15)14(10-23-19(17)32-11)28-20(30)27-12-8-13(21)18(22-9-12)29-24-5-6-25-29/h5-6,9-10,13,15H,2-4,7-8H2,1H3,(H2,27,28,30). The number of aromatic nitrogens is 5. The fourth-order valence-electron chi connectivity index (χ4n) is 3.85. The first kappa shape index (κ1) is 21.0. The van der Waals surface area contributed by atoms with Crippen LogP contribution < -0.4 is 10.6 Å². The molecule has 2 atom stereocenters. The molecule has 0 aromatic carbocycles. The summed E-state index contributed by atoms with van der Waals surface area (Å²) in [6.45, 7) is 2.64. The predicted octanol–water partition coefficient (Wildman–Crippen LogP) is 3.75. The third kappa shape index (κ3) is 4.23. The Balaban J connectivity index is 1.37. The smallest absolute Gasteiger partial charge is 0.323 e. The van der Waals surface area contributed by atoms with Gasteiger partial charge in [0.2, 0.25) is 0 Å². The van der Waals surface area contributed by atoms with E-state index >= 15 is 0 Å². The summed E-state index contributed by atoms with van der Waals surface area (Å²) >= 11 is 7.96. The maximum absolute atomic E-state index is 12.8. The van der Waals surface area contributed by atoms with Gasteiger partial charge < -0.3 is 15.4 Å². The largest absolute Gasteiger partial charge is 0.373 e. The van der Waals surface area contributed by atoms with E-state index in [9.17, 15) is 4.79 Å². The molecule has 166 valence electrons. The molecule has 12 heteroatoms. The first-order valence-electron chi connectivity index (χ1n) is 10.3. The number of hydrogen-bond acceptors (Lipinski definition) is 8. The molecule has 1 saturated heterocycles. The number of alkyl halides is 1. The van der Waals surface area contributed by atoms with Crippen LogP contribution in [0.25, 0.3) is 10.3 Å². The van der Waals surface area contributed by atoms with Crippen molar-refractivity contribution in [2.75, 3.05) is 11.9 Å². The van der Waals surface area contributed by atoms with E-state index < -0.39 is 11.4 Å². The molecule has 0 spiro atoms. The van der Waals surface area contributed by atoms with E-state index in [-0.39, 0.29) is 6.10 Å². The Hall–Kier alpha value is -2.89. The van der Waals surface area contributed by atoms with E-state index in [1.54, 1.807) is 24.8 Å². The number of aryl methyl sites for hydroxylation is 1. The van der Waals surface area contributed by atoms with Gasteiger partial charge in [-0.05, 0) is 26.2 Å². The van der Waals surface area contributed by atoms with Gasteiger partial charge in [-0.25, -0.2) is 19.8 Å². The molecule has 0 aliphatic carbocycles. The molecule has 0 saturated carbocycles. The lowest BCUT2D eigenvalue weighted by atomic mass is 10.00. The number of halogens is 1. The number of aliphatic imine (C=N–C) groups is 1. The number of thiazole rings is 1. The van der Waals surface area contributed by atoms with Crippen molar-refractivity contribution in [1.82, 2.24) is 30.3 Å². The second-order valence-corrected chi connectivity index (χ2v) is 9.25. The monoisotopic (exact) mass is 472 g/mol. The van der Waals surface area contributed by atoms with Gasteiger partial charge in [-0.3, -0.25) is 0 Å². The Morgan fingerprint density at radius 2 is 2.12 bits per heavy atom. The quantitative estimate of drug-likeness (QED) is 0.560. The lowest BCUT2D eigenvalue weighted by molar-refractivity contribution is 0.0161. The number of carbonyl (C=O) groups excluding carboxylic acids is 1. The minimum absolute atomic E-state index is 0.124. The first-order chi connectivity index (χ1) is 15.6. The summed E-state index contributed by atoms with van der Waals surface area (Å²) in [4.78, 5) is 28.5. The zero-order chi connectivity index (χ0) is 22.1. The van der Waals surface area contributed by atoms with Gasteiger partial charge in [0, 0.05) is 30.5 Å². The van der Waals surface area contributed by atoms with Gasteiger partial charge in [0.15, 0.2) is 5.84 Å². The predicted molar refractivity (Wildman–Crippen MR) is 122 cm³/mol. The highest BCUT2D eigenvalue weighted by Crippen LogP contribution is 2.38. The number of nitrogens with zero attached hydrogens (tertiary/aromatic N) is 6. The van der Waals surface area contributed by atoms with Crippen molar-refractivity contribution in [2.45, 2.75) is 44.1 Å². The van der Waals surface area contributed by atoms with Crippen LogP contribution in [0.15, 0.2) is 35.5 Å². The van der Waals surface area contributed by atoms with E-state index in [0.29, 0.717) is 30.2 Å². The molecule has 3 aromatic rings. The summed E-state index contributed by atoms with van der Waals surface area (Å²) in [5.41, 5.74) is 2.85. The molecule has 2 N–H and O–H groups in total. The van der Waals surface area contributed by atoms with Crippen molar-refractivity contribution in [1.29, 1.82) is 0 Å². The normalized spacial score (nSPS) is 21.2.